The Morgan fingerprint density at radius 2 is 1.59 bits per heavy atom. The van der Waals surface area contributed by atoms with Gasteiger partial charge in [0.1, 0.15) is 6.29 Å². The monoisotopic (exact) mass is 224 g/mol. The highest BCUT2D eigenvalue weighted by atomic mass is 16.1. The Hall–Kier alpha value is -1.89. The number of aldehydes is 1. The van der Waals surface area contributed by atoms with Crippen LogP contribution < -0.4 is 0 Å². The summed E-state index contributed by atoms with van der Waals surface area (Å²) in [6.45, 7) is 6.22. The van der Waals surface area contributed by atoms with E-state index < -0.39 is 0 Å². The molecule has 0 saturated heterocycles. The molecular weight excluding hydrogens is 208 g/mol. The van der Waals surface area contributed by atoms with Crippen LogP contribution in [0.2, 0.25) is 0 Å². The quantitative estimate of drug-likeness (QED) is 0.702. The zero-order chi connectivity index (χ0) is 12.4. The smallest absolute Gasteiger partial charge is 0.150 e. The summed E-state index contributed by atoms with van der Waals surface area (Å²) >= 11 is 0. The largest absolute Gasteiger partial charge is 0.298 e. The average molecular weight is 224 g/mol. The van der Waals surface area contributed by atoms with Gasteiger partial charge in [-0.1, -0.05) is 24.3 Å². The van der Waals surface area contributed by atoms with Gasteiger partial charge in [0.25, 0.3) is 0 Å². The molecule has 0 fully saturated rings. The first kappa shape index (κ1) is 11.6. The van der Waals surface area contributed by atoms with Crippen molar-refractivity contribution in [3.05, 3.63) is 58.7 Å². The lowest BCUT2D eigenvalue weighted by molar-refractivity contribution is 0.112. The van der Waals surface area contributed by atoms with Crippen molar-refractivity contribution in [2.24, 2.45) is 0 Å². The molecule has 1 heteroatoms. The molecule has 0 aliphatic carbocycles. The van der Waals surface area contributed by atoms with Crippen LogP contribution in [0.4, 0.5) is 0 Å². The minimum atomic E-state index is 0.739. The first-order chi connectivity index (χ1) is 8.11. The number of aryl methyl sites for hydroxylation is 3. The molecule has 0 saturated carbocycles. The van der Waals surface area contributed by atoms with Crippen LogP contribution >= 0.6 is 0 Å². The molecule has 0 heterocycles. The second-order valence-corrected chi connectivity index (χ2v) is 4.52. The standard InChI is InChI=1S/C16H16O/c1-11-7-14(10-17)9-15(8-11)16-12(2)5-4-6-13(16)3/h4-10H,1-3H3. The highest BCUT2D eigenvalue weighted by Crippen LogP contribution is 2.28. The molecular formula is C16H16O. The van der Waals surface area contributed by atoms with Gasteiger partial charge in [0.05, 0.1) is 0 Å². The van der Waals surface area contributed by atoms with E-state index in [4.69, 9.17) is 0 Å². The average Bonchev–Trinajstić information content (AvgIpc) is 2.28. The van der Waals surface area contributed by atoms with E-state index in [0.29, 0.717) is 0 Å². The van der Waals surface area contributed by atoms with Crippen molar-refractivity contribution in [3.8, 4) is 11.1 Å². The second kappa shape index (κ2) is 4.54. The van der Waals surface area contributed by atoms with Crippen molar-refractivity contribution >= 4 is 6.29 Å². The minimum Gasteiger partial charge on any atom is -0.298 e. The summed E-state index contributed by atoms with van der Waals surface area (Å²) in [4.78, 5) is 10.9. The van der Waals surface area contributed by atoms with Gasteiger partial charge in [-0.2, -0.15) is 0 Å². The lowest BCUT2D eigenvalue weighted by atomic mass is 9.93. The fourth-order valence-corrected chi connectivity index (χ4v) is 2.29. The number of hydrogen-bond donors (Lipinski definition) is 0. The van der Waals surface area contributed by atoms with Gasteiger partial charge in [0, 0.05) is 5.56 Å². The van der Waals surface area contributed by atoms with E-state index in [-0.39, 0.29) is 0 Å². The number of rotatable bonds is 2. The van der Waals surface area contributed by atoms with Crippen molar-refractivity contribution in [2.45, 2.75) is 20.8 Å². The highest BCUT2D eigenvalue weighted by Gasteiger charge is 2.06. The summed E-state index contributed by atoms with van der Waals surface area (Å²) in [5.74, 6) is 0. The van der Waals surface area contributed by atoms with Crippen molar-refractivity contribution in [1.29, 1.82) is 0 Å². The first-order valence-corrected chi connectivity index (χ1v) is 5.75. The maximum atomic E-state index is 10.9. The minimum absolute atomic E-state index is 0.739. The van der Waals surface area contributed by atoms with Gasteiger partial charge >= 0.3 is 0 Å². The lowest BCUT2D eigenvalue weighted by Crippen LogP contribution is -1.91. The van der Waals surface area contributed by atoms with E-state index in [2.05, 4.69) is 38.1 Å². The zero-order valence-electron chi connectivity index (χ0n) is 10.4. The van der Waals surface area contributed by atoms with Crippen molar-refractivity contribution in [3.63, 3.8) is 0 Å². The van der Waals surface area contributed by atoms with Crippen LogP contribution in [0.5, 0.6) is 0 Å². The molecule has 0 bridgehead atoms. The van der Waals surface area contributed by atoms with Gasteiger partial charge in [-0.3, -0.25) is 4.79 Å². The van der Waals surface area contributed by atoms with Gasteiger partial charge in [-0.15, -0.1) is 0 Å². The van der Waals surface area contributed by atoms with Crippen LogP contribution in [0.3, 0.4) is 0 Å². The predicted molar refractivity (Wildman–Crippen MR) is 71.5 cm³/mol. The maximum absolute atomic E-state index is 10.9. The van der Waals surface area contributed by atoms with Gasteiger partial charge in [-0.25, -0.2) is 0 Å². The summed E-state index contributed by atoms with van der Waals surface area (Å²) in [5, 5.41) is 0. The van der Waals surface area contributed by atoms with Crippen molar-refractivity contribution in [2.75, 3.05) is 0 Å². The molecule has 86 valence electrons. The molecule has 0 amide bonds. The maximum Gasteiger partial charge on any atom is 0.150 e. The Balaban J connectivity index is 2.68. The summed E-state index contributed by atoms with van der Waals surface area (Å²) in [7, 11) is 0. The molecule has 0 radical (unpaired) electrons. The zero-order valence-corrected chi connectivity index (χ0v) is 10.4. The third-order valence-electron chi connectivity index (χ3n) is 3.01. The fourth-order valence-electron chi connectivity index (χ4n) is 2.29. The Morgan fingerprint density at radius 3 is 2.18 bits per heavy atom. The normalized spacial score (nSPS) is 10.3. The fraction of sp³-hybridized carbons (Fsp3) is 0.188. The van der Waals surface area contributed by atoms with E-state index in [1.54, 1.807) is 0 Å². The number of carbonyl (C=O) groups is 1. The van der Waals surface area contributed by atoms with E-state index in [9.17, 15) is 4.79 Å². The number of carbonyl (C=O) groups excluding carboxylic acids is 1. The Labute approximate surface area is 102 Å². The van der Waals surface area contributed by atoms with Gasteiger partial charge in [0.2, 0.25) is 0 Å². The third kappa shape index (κ3) is 2.28. The molecule has 0 aliphatic rings. The molecule has 0 aromatic heterocycles. The third-order valence-corrected chi connectivity index (χ3v) is 3.01. The number of benzene rings is 2. The van der Waals surface area contributed by atoms with Crippen LogP contribution in [-0.2, 0) is 0 Å². The van der Waals surface area contributed by atoms with Gasteiger partial charge in [0.15, 0.2) is 0 Å². The van der Waals surface area contributed by atoms with Gasteiger partial charge in [-0.05, 0) is 60.7 Å². The molecule has 2 aromatic rings. The van der Waals surface area contributed by atoms with Crippen molar-refractivity contribution in [1.82, 2.24) is 0 Å². The highest BCUT2D eigenvalue weighted by molar-refractivity contribution is 5.81. The summed E-state index contributed by atoms with van der Waals surface area (Å²) in [6, 6.07) is 12.3. The molecule has 0 spiro atoms. The molecule has 2 rings (SSSR count). The topological polar surface area (TPSA) is 17.1 Å². The molecule has 0 atom stereocenters. The molecule has 0 N–H and O–H groups in total. The summed E-state index contributed by atoms with van der Waals surface area (Å²) < 4.78 is 0. The summed E-state index contributed by atoms with van der Waals surface area (Å²) in [6.07, 6.45) is 0.907. The van der Waals surface area contributed by atoms with E-state index in [0.717, 1.165) is 23.0 Å². The Morgan fingerprint density at radius 1 is 0.941 bits per heavy atom. The number of hydrogen-bond acceptors (Lipinski definition) is 1. The van der Waals surface area contributed by atoms with Gasteiger partial charge < -0.3 is 0 Å². The van der Waals surface area contributed by atoms with Crippen LogP contribution in [0, 0.1) is 20.8 Å². The Kier molecular flexibility index (Phi) is 3.10. The van der Waals surface area contributed by atoms with Crippen LogP contribution in [-0.4, -0.2) is 6.29 Å². The second-order valence-electron chi connectivity index (χ2n) is 4.52. The lowest BCUT2D eigenvalue weighted by Gasteiger charge is -2.11. The van der Waals surface area contributed by atoms with Crippen LogP contribution in [0.25, 0.3) is 11.1 Å². The SMILES string of the molecule is Cc1cc(C=O)cc(-c2c(C)cccc2C)c1. The molecule has 17 heavy (non-hydrogen) atoms. The molecule has 0 aliphatic heterocycles. The summed E-state index contributed by atoms with van der Waals surface area (Å²) in [5.41, 5.74) is 6.71. The van der Waals surface area contributed by atoms with Crippen molar-refractivity contribution < 1.29 is 4.79 Å². The molecule has 1 nitrogen and oxygen atoms in total. The molecule has 0 unspecified atom stereocenters. The predicted octanol–water partition coefficient (Wildman–Crippen LogP) is 4.09. The van der Waals surface area contributed by atoms with E-state index in [1.807, 2.05) is 19.1 Å². The molecule has 2 aromatic carbocycles. The van der Waals surface area contributed by atoms with E-state index in [1.165, 1.54) is 16.7 Å². The Bertz CT molecular complexity index is 547. The van der Waals surface area contributed by atoms with Crippen LogP contribution in [0.1, 0.15) is 27.0 Å². The first-order valence-electron chi connectivity index (χ1n) is 5.75. The van der Waals surface area contributed by atoms with Crippen LogP contribution in [0.15, 0.2) is 36.4 Å². The van der Waals surface area contributed by atoms with E-state index >= 15 is 0 Å².